The van der Waals surface area contributed by atoms with Gasteiger partial charge >= 0.3 is 0 Å². The number of aryl methyl sites for hydroxylation is 3. The Kier molecular flexibility index (Phi) is 5.46. The van der Waals surface area contributed by atoms with Gasteiger partial charge in [0.25, 0.3) is 5.56 Å². The Labute approximate surface area is 162 Å². The van der Waals surface area contributed by atoms with E-state index in [9.17, 15) is 4.79 Å². The number of hydrogen-bond donors (Lipinski definition) is 0. The SMILES string of the molecule is CCCCSc1nc2sc3c(c2c(=O)n1CCc1ccccc1)CCC3. The van der Waals surface area contributed by atoms with E-state index in [1.54, 1.807) is 23.1 Å². The average Bonchev–Trinajstić information content (AvgIpc) is 3.23. The molecule has 136 valence electrons. The quantitative estimate of drug-likeness (QED) is 0.324. The summed E-state index contributed by atoms with van der Waals surface area (Å²) in [7, 11) is 0. The first-order chi connectivity index (χ1) is 12.8. The van der Waals surface area contributed by atoms with E-state index in [0.717, 1.165) is 53.2 Å². The normalized spacial score (nSPS) is 13.4. The third kappa shape index (κ3) is 3.47. The van der Waals surface area contributed by atoms with Gasteiger partial charge in [0.15, 0.2) is 5.16 Å². The van der Waals surface area contributed by atoms with Crippen LogP contribution < -0.4 is 5.56 Å². The second-order valence-electron chi connectivity index (χ2n) is 6.83. The molecule has 0 aliphatic heterocycles. The summed E-state index contributed by atoms with van der Waals surface area (Å²) in [5.41, 5.74) is 2.71. The Morgan fingerprint density at radius 2 is 2.08 bits per heavy atom. The molecular weight excluding hydrogens is 360 g/mol. The fourth-order valence-electron chi connectivity index (χ4n) is 3.56. The van der Waals surface area contributed by atoms with E-state index in [-0.39, 0.29) is 5.56 Å². The lowest BCUT2D eigenvalue weighted by molar-refractivity contribution is 0.595. The van der Waals surface area contributed by atoms with Crippen LogP contribution in [0.15, 0.2) is 40.3 Å². The molecule has 4 rings (SSSR count). The Morgan fingerprint density at radius 3 is 2.88 bits per heavy atom. The molecule has 0 radical (unpaired) electrons. The predicted molar refractivity (Wildman–Crippen MR) is 112 cm³/mol. The third-order valence-electron chi connectivity index (χ3n) is 4.99. The molecule has 3 nitrogen and oxygen atoms in total. The first kappa shape index (κ1) is 17.8. The number of fused-ring (bicyclic) bond motifs is 3. The Hall–Kier alpha value is -1.59. The van der Waals surface area contributed by atoms with Crippen LogP contribution in [-0.4, -0.2) is 15.3 Å². The number of nitrogens with zero attached hydrogens (tertiary/aromatic N) is 2. The van der Waals surface area contributed by atoms with Crippen molar-refractivity contribution in [3.63, 3.8) is 0 Å². The second-order valence-corrected chi connectivity index (χ2v) is 8.97. The molecule has 0 atom stereocenters. The maximum Gasteiger partial charge on any atom is 0.263 e. The number of hydrogen-bond acceptors (Lipinski definition) is 4. The molecule has 0 N–H and O–H groups in total. The number of aromatic nitrogens is 2. The largest absolute Gasteiger partial charge is 0.287 e. The van der Waals surface area contributed by atoms with Gasteiger partial charge in [0.1, 0.15) is 4.83 Å². The van der Waals surface area contributed by atoms with Crippen molar-refractivity contribution in [2.45, 2.75) is 57.1 Å². The lowest BCUT2D eigenvalue weighted by Crippen LogP contribution is -2.24. The molecule has 0 unspecified atom stereocenters. The van der Waals surface area contributed by atoms with E-state index < -0.39 is 0 Å². The van der Waals surface area contributed by atoms with Crippen LogP contribution in [-0.2, 0) is 25.8 Å². The molecule has 1 aromatic carbocycles. The van der Waals surface area contributed by atoms with Crippen LogP contribution in [0.3, 0.4) is 0 Å². The highest BCUT2D eigenvalue weighted by atomic mass is 32.2. The van der Waals surface area contributed by atoms with Gasteiger partial charge in [0.05, 0.1) is 5.39 Å². The lowest BCUT2D eigenvalue weighted by Gasteiger charge is -2.12. The van der Waals surface area contributed by atoms with Crippen LogP contribution in [0.1, 0.15) is 42.2 Å². The maximum atomic E-state index is 13.3. The third-order valence-corrected chi connectivity index (χ3v) is 7.23. The summed E-state index contributed by atoms with van der Waals surface area (Å²) in [5.74, 6) is 1.02. The molecule has 0 spiro atoms. The minimum Gasteiger partial charge on any atom is -0.287 e. The van der Waals surface area contributed by atoms with Gasteiger partial charge in [-0.2, -0.15) is 0 Å². The molecule has 26 heavy (non-hydrogen) atoms. The summed E-state index contributed by atoms with van der Waals surface area (Å²) in [4.78, 5) is 20.6. The fourth-order valence-corrected chi connectivity index (χ4v) is 5.97. The Morgan fingerprint density at radius 1 is 1.23 bits per heavy atom. The number of unbranched alkanes of at least 4 members (excludes halogenated alkanes) is 1. The van der Waals surface area contributed by atoms with Crippen molar-refractivity contribution in [2.24, 2.45) is 0 Å². The van der Waals surface area contributed by atoms with Crippen LogP contribution in [0.5, 0.6) is 0 Å². The van der Waals surface area contributed by atoms with Crippen LogP contribution in [0.2, 0.25) is 0 Å². The summed E-state index contributed by atoms with van der Waals surface area (Å²) < 4.78 is 1.93. The van der Waals surface area contributed by atoms with E-state index in [2.05, 4.69) is 31.2 Å². The van der Waals surface area contributed by atoms with Gasteiger partial charge < -0.3 is 0 Å². The Bertz CT molecular complexity index is 960. The summed E-state index contributed by atoms with van der Waals surface area (Å²) in [6, 6.07) is 10.4. The van der Waals surface area contributed by atoms with E-state index in [1.165, 1.54) is 22.4 Å². The number of rotatable bonds is 7. The van der Waals surface area contributed by atoms with Gasteiger partial charge in [-0.3, -0.25) is 9.36 Å². The molecule has 0 amide bonds. The van der Waals surface area contributed by atoms with Crippen molar-refractivity contribution in [2.75, 3.05) is 5.75 Å². The van der Waals surface area contributed by atoms with Gasteiger partial charge in [-0.15, -0.1) is 11.3 Å². The molecular formula is C21H24N2OS2. The standard InChI is InChI=1S/C21H24N2OS2/c1-2-3-14-25-21-22-19-18(16-10-7-11-17(16)26-19)20(24)23(21)13-12-15-8-5-4-6-9-15/h4-6,8-9H,2-3,7,10-14H2,1H3. The molecule has 1 aliphatic carbocycles. The predicted octanol–water partition coefficient (Wildman–Crippen LogP) is 5.08. The molecule has 0 fully saturated rings. The zero-order valence-corrected chi connectivity index (χ0v) is 16.8. The van der Waals surface area contributed by atoms with E-state index in [1.807, 2.05) is 10.6 Å². The Balaban J connectivity index is 1.72. The van der Waals surface area contributed by atoms with Crippen LogP contribution in [0.25, 0.3) is 10.2 Å². The highest BCUT2D eigenvalue weighted by Crippen LogP contribution is 2.35. The van der Waals surface area contributed by atoms with Crippen molar-refractivity contribution in [3.8, 4) is 0 Å². The number of thioether (sulfide) groups is 1. The molecule has 0 bridgehead atoms. The van der Waals surface area contributed by atoms with Crippen molar-refractivity contribution in [1.82, 2.24) is 9.55 Å². The zero-order valence-electron chi connectivity index (χ0n) is 15.2. The summed E-state index contributed by atoms with van der Waals surface area (Å²) in [5, 5.41) is 1.79. The molecule has 3 aromatic rings. The van der Waals surface area contributed by atoms with Crippen molar-refractivity contribution in [3.05, 3.63) is 56.7 Å². The number of thiophene rings is 1. The van der Waals surface area contributed by atoms with Crippen molar-refractivity contribution >= 4 is 33.3 Å². The van der Waals surface area contributed by atoms with E-state index in [4.69, 9.17) is 4.98 Å². The van der Waals surface area contributed by atoms with Gasteiger partial charge in [0, 0.05) is 17.2 Å². The molecule has 0 saturated carbocycles. The second kappa shape index (κ2) is 7.97. The lowest BCUT2D eigenvalue weighted by atomic mass is 10.1. The number of benzene rings is 1. The minimum absolute atomic E-state index is 0.171. The highest BCUT2D eigenvalue weighted by Gasteiger charge is 2.23. The van der Waals surface area contributed by atoms with Crippen molar-refractivity contribution in [1.29, 1.82) is 0 Å². The van der Waals surface area contributed by atoms with E-state index in [0.29, 0.717) is 6.54 Å². The molecule has 5 heteroatoms. The monoisotopic (exact) mass is 384 g/mol. The van der Waals surface area contributed by atoms with Gasteiger partial charge in [-0.25, -0.2) is 4.98 Å². The zero-order chi connectivity index (χ0) is 17.9. The van der Waals surface area contributed by atoms with Gasteiger partial charge in [0.2, 0.25) is 0 Å². The first-order valence-electron chi connectivity index (χ1n) is 9.49. The van der Waals surface area contributed by atoms with Crippen LogP contribution in [0, 0.1) is 0 Å². The van der Waals surface area contributed by atoms with Crippen LogP contribution >= 0.6 is 23.1 Å². The maximum absolute atomic E-state index is 13.3. The van der Waals surface area contributed by atoms with Crippen LogP contribution in [0.4, 0.5) is 0 Å². The first-order valence-corrected chi connectivity index (χ1v) is 11.3. The molecule has 1 aliphatic rings. The van der Waals surface area contributed by atoms with E-state index >= 15 is 0 Å². The summed E-state index contributed by atoms with van der Waals surface area (Å²) in [6.07, 6.45) is 6.50. The molecule has 2 aromatic heterocycles. The fraction of sp³-hybridized carbons (Fsp3) is 0.429. The topological polar surface area (TPSA) is 34.9 Å². The summed E-state index contributed by atoms with van der Waals surface area (Å²) in [6.45, 7) is 2.90. The smallest absolute Gasteiger partial charge is 0.263 e. The van der Waals surface area contributed by atoms with Gasteiger partial charge in [-0.1, -0.05) is 55.4 Å². The summed E-state index contributed by atoms with van der Waals surface area (Å²) >= 11 is 3.47. The van der Waals surface area contributed by atoms with Crippen molar-refractivity contribution < 1.29 is 0 Å². The minimum atomic E-state index is 0.171. The highest BCUT2D eigenvalue weighted by molar-refractivity contribution is 7.99. The molecule has 0 saturated heterocycles. The van der Waals surface area contributed by atoms with Gasteiger partial charge in [-0.05, 0) is 43.2 Å². The average molecular weight is 385 g/mol. The molecule has 2 heterocycles.